The molecule has 9 nitrogen and oxygen atoms in total. The van der Waals surface area contributed by atoms with Crippen LogP contribution in [0.3, 0.4) is 0 Å². The summed E-state index contributed by atoms with van der Waals surface area (Å²) < 4.78 is 7.93. The summed E-state index contributed by atoms with van der Waals surface area (Å²) in [7, 11) is 0. The van der Waals surface area contributed by atoms with Crippen molar-refractivity contribution >= 4 is 55.7 Å². The van der Waals surface area contributed by atoms with Crippen molar-refractivity contribution in [3.8, 4) is 11.5 Å². The van der Waals surface area contributed by atoms with Gasteiger partial charge in [0.2, 0.25) is 0 Å². The fourth-order valence-electron chi connectivity index (χ4n) is 5.82. The summed E-state index contributed by atoms with van der Waals surface area (Å²) in [6, 6.07) is 28.6. The first-order valence-corrected chi connectivity index (χ1v) is 13.6. The predicted molar refractivity (Wildman–Crippen MR) is 159 cm³/mol. The molecule has 1 unspecified atom stereocenters. The Hall–Kier alpha value is -5.70. The van der Waals surface area contributed by atoms with Crippen molar-refractivity contribution < 1.29 is 19.4 Å². The maximum absolute atomic E-state index is 14.2. The van der Waals surface area contributed by atoms with Gasteiger partial charge in [-0.25, -0.2) is 15.0 Å². The first kappa shape index (κ1) is 24.1. The van der Waals surface area contributed by atoms with E-state index in [4.69, 9.17) is 19.5 Å². The van der Waals surface area contributed by atoms with Crippen LogP contribution in [0.25, 0.3) is 44.1 Å². The monoisotopic (exact) mass is 553 g/mol. The van der Waals surface area contributed by atoms with Crippen molar-refractivity contribution in [3.63, 3.8) is 0 Å². The third kappa shape index (κ3) is 3.78. The lowest BCUT2D eigenvalue weighted by atomic mass is 10.00. The number of para-hydroxylation sites is 4. The molecule has 0 spiro atoms. The van der Waals surface area contributed by atoms with Crippen LogP contribution in [0.1, 0.15) is 23.8 Å². The molecule has 1 aliphatic heterocycles. The number of hydrazone groups is 1. The van der Waals surface area contributed by atoms with Crippen LogP contribution in [0, 0.1) is 0 Å². The molecule has 8 rings (SSSR count). The maximum atomic E-state index is 14.2. The lowest BCUT2D eigenvalue weighted by molar-refractivity contribution is -0.133. The third-order valence-electron chi connectivity index (χ3n) is 7.80. The van der Waals surface area contributed by atoms with Gasteiger partial charge in [0.15, 0.2) is 11.4 Å². The molecule has 0 saturated heterocycles. The van der Waals surface area contributed by atoms with Gasteiger partial charge in [0.1, 0.15) is 34.9 Å². The highest BCUT2D eigenvalue weighted by Crippen LogP contribution is 2.38. The number of carbonyl (C=O) groups excluding carboxylic acids is 1. The van der Waals surface area contributed by atoms with Gasteiger partial charge in [-0.15, -0.1) is 0 Å². The molecule has 0 radical (unpaired) electrons. The van der Waals surface area contributed by atoms with E-state index in [2.05, 4.69) is 0 Å². The summed E-state index contributed by atoms with van der Waals surface area (Å²) in [5, 5.41) is 28.5. The number of benzene rings is 4. The number of furan rings is 1. The van der Waals surface area contributed by atoms with Crippen LogP contribution in [-0.4, -0.2) is 41.4 Å². The van der Waals surface area contributed by atoms with E-state index in [-0.39, 0.29) is 24.0 Å². The minimum atomic E-state index is -0.546. The first-order chi connectivity index (χ1) is 20.5. The Kier molecular flexibility index (Phi) is 5.27. The Bertz CT molecular complexity index is 2230. The Balaban J connectivity index is 1.24. The molecular formula is C33H23N5O4. The summed E-state index contributed by atoms with van der Waals surface area (Å²) >= 11 is 0. The van der Waals surface area contributed by atoms with Crippen LogP contribution >= 0.6 is 0 Å². The molecule has 0 bridgehead atoms. The summed E-state index contributed by atoms with van der Waals surface area (Å²) in [4.78, 5) is 23.9. The fraction of sp³-hybridized carbons (Fsp3) is 0.0909. The largest absolute Gasteiger partial charge is 0.508 e. The smallest absolute Gasteiger partial charge is 0.263 e. The maximum Gasteiger partial charge on any atom is 0.263 e. The van der Waals surface area contributed by atoms with Crippen molar-refractivity contribution in [1.29, 1.82) is 0 Å². The quantitative estimate of drug-likeness (QED) is 0.265. The number of aromatic nitrogens is 3. The number of phenols is 2. The third-order valence-corrected chi connectivity index (χ3v) is 7.80. The van der Waals surface area contributed by atoms with Gasteiger partial charge in [0, 0.05) is 22.8 Å². The van der Waals surface area contributed by atoms with Crippen LogP contribution in [0.5, 0.6) is 11.5 Å². The molecule has 3 aromatic heterocycles. The summed E-state index contributed by atoms with van der Waals surface area (Å²) in [6.45, 7) is -0.0358. The van der Waals surface area contributed by atoms with Crippen molar-refractivity contribution in [2.75, 3.05) is 0 Å². The number of carbonyl (C=O) groups is 1. The van der Waals surface area contributed by atoms with Crippen LogP contribution < -0.4 is 0 Å². The van der Waals surface area contributed by atoms with Gasteiger partial charge < -0.3 is 19.2 Å². The van der Waals surface area contributed by atoms with Crippen LogP contribution in [-0.2, 0) is 11.3 Å². The molecule has 7 aromatic rings. The molecule has 0 aliphatic carbocycles. The number of hydrogen-bond acceptors (Lipinski definition) is 7. The topological polar surface area (TPSA) is 117 Å². The average molecular weight is 554 g/mol. The highest BCUT2D eigenvalue weighted by atomic mass is 16.3. The Morgan fingerprint density at radius 3 is 2.50 bits per heavy atom. The second-order valence-electron chi connectivity index (χ2n) is 10.4. The number of fused-ring (bicyclic) bond motifs is 5. The Morgan fingerprint density at radius 1 is 0.881 bits per heavy atom. The highest BCUT2D eigenvalue weighted by Gasteiger charge is 2.36. The SMILES string of the molecule is O=C(Cn1c2ccccc2c2nc3ccccc3nc21)N1N=C(c2cc3cc(O)ccc3o2)CC1c1ccccc1O. The van der Waals surface area contributed by atoms with E-state index in [9.17, 15) is 15.0 Å². The predicted octanol–water partition coefficient (Wildman–Crippen LogP) is 6.27. The van der Waals surface area contributed by atoms with E-state index in [0.717, 1.165) is 32.8 Å². The van der Waals surface area contributed by atoms with Gasteiger partial charge in [0.05, 0.1) is 22.6 Å². The lowest BCUT2D eigenvalue weighted by Crippen LogP contribution is -2.30. The second kappa shape index (κ2) is 9.17. The molecule has 204 valence electrons. The van der Waals surface area contributed by atoms with Gasteiger partial charge in [-0.1, -0.05) is 48.5 Å². The number of nitrogens with zero attached hydrogens (tertiary/aromatic N) is 5. The first-order valence-electron chi connectivity index (χ1n) is 13.6. The molecule has 1 aliphatic rings. The minimum absolute atomic E-state index is 0.0358. The number of aromatic hydroxyl groups is 2. The van der Waals surface area contributed by atoms with E-state index in [1.807, 2.05) is 59.2 Å². The van der Waals surface area contributed by atoms with E-state index in [1.165, 1.54) is 5.01 Å². The van der Waals surface area contributed by atoms with Crippen LogP contribution in [0.15, 0.2) is 107 Å². The number of amides is 1. The number of hydrogen-bond donors (Lipinski definition) is 2. The van der Waals surface area contributed by atoms with E-state index < -0.39 is 6.04 Å². The van der Waals surface area contributed by atoms with Crippen molar-refractivity contribution in [3.05, 3.63) is 108 Å². The summed E-state index contributed by atoms with van der Waals surface area (Å²) in [5.74, 6) is 0.444. The van der Waals surface area contributed by atoms with Crippen LogP contribution in [0.4, 0.5) is 0 Å². The lowest BCUT2D eigenvalue weighted by Gasteiger charge is -2.23. The molecule has 4 heterocycles. The van der Waals surface area contributed by atoms with Gasteiger partial charge in [0.25, 0.3) is 5.91 Å². The summed E-state index contributed by atoms with van der Waals surface area (Å²) in [6.07, 6.45) is 0.340. The van der Waals surface area contributed by atoms with E-state index >= 15 is 0 Å². The van der Waals surface area contributed by atoms with E-state index in [1.54, 1.807) is 42.5 Å². The minimum Gasteiger partial charge on any atom is -0.508 e. The molecule has 42 heavy (non-hydrogen) atoms. The molecule has 2 N–H and O–H groups in total. The molecule has 0 fully saturated rings. The van der Waals surface area contributed by atoms with Gasteiger partial charge in [-0.3, -0.25) is 4.79 Å². The normalized spacial score (nSPS) is 15.3. The standard InChI is InChI=1S/C33H23N5O4/c39-20-13-14-29-19(15-20)16-30(42-29)25-17-27(21-7-2-6-12-28(21)40)38(36-25)31(41)18-37-26-11-5-1-8-22(26)32-33(37)35-24-10-4-3-9-23(24)34-32/h1-16,27,39-40H,17-18H2. The zero-order chi connectivity index (χ0) is 28.4. The van der Waals surface area contributed by atoms with Crippen molar-refractivity contribution in [1.82, 2.24) is 19.5 Å². The molecular weight excluding hydrogens is 530 g/mol. The summed E-state index contributed by atoms with van der Waals surface area (Å²) in [5.41, 5.74) is 5.47. The number of rotatable bonds is 4. The Morgan fingerprint density at radius 2 is 1.64 bits per heavy atom. The second-order valence-corrected chi connectivity index (χ2v) is 10.4. The van der Waals surface area contributed by atoms with Crippen molar-refractivity contribution in [2.24, 2.45) is 5.10 Å². The van der Waals surface area contributed by atoms with Crippen molar-refractivity contribution in [2.45, 2.75) is 19.0 Å². The average Bonchev–Trinajstić information content (AvgIpc) is 3.71. The molecule has 4 aromatic carbocycles. The molecule has 1 amide bonds. The molecule has 1 atom stereocenters. The zero-order valence-electron chi connectivity index (χ0n) is 22.2. The fourth-order valence-corrected chi connectivity index (χ4v) is 5.82. The van der Waals surface area contributed by atoms with Crippen LogP contribution in [0.2, 0.25) is 0 Å². The Labute approximate surface area is 238 Å². The number of phenolic OH excluding ortho intramolecular Hbond substituents is 2. The van der Waals surface area contributed by atoms with Gasteiger partial charge in [-0.05, 0) is 48.5 Å². The van der Waals surface area contributed by atoms with E-state index in [0.29, 0.717) is 34.7 Å². The van der Waals surface area contributed by atoms with Gasteiger partial charge >= 0.3 is 0 Å². The molecule has 9 heteroatoms. The van der Waals surface area contributed by atoms with Gasteiger partial charge in [-0.2, -0.15) is 5.10 Å². The molecule has 0 saturated carbocycles. The highest BCUT2D eigenvalue weighted by molar-refractivity contribution is 6.07. The zero-order valence-corrected chi connectivity index (χ0v) is 22.2.